The Morgan fingerprint density at radius 1 is 1.04 bits per heavy atom. The van der Waals surface area contributed by atoms with E-state index >= 15 is 0 Å². The Kier molecular flexibility index (Phi) is 6.00. The fourth-order valence-electron chi connectivity index (χ4n) is 2.62. The number of nitrogens with one attached hydrogen (secondary N) is 1. The van der Waals surface area contributed by atoms with Crippen molar-refractivity contribution in [2.24, 2.45) is 21.7 Å². The van der Waals surface area contributed by atoms with E-state index in [1.54, 1.807) is 12.1 Å². The topological polar surface area (TPSA) is 102 Å². The summed E-state index contributed by atoms with van der Waals surface area (Å²) >= 11 is 1.50. The second-order valence-electron chi connectivity index (χ2n) is 6.20. The molecule has 0 radical (unpaired) electrons. The first kappa shape index (κ1) is 19.5. The third-order valence-electron chi connectivity index (χ3n) is 4.02. The Morgan fingerprint density at radius 3 is 2.25 bits per heavy atom. The van der Waals surface area contributed by atoms with Crippen LogP contribution >= 0.6 is 11.3 Å². The molecule has 0 aliphatic carbocycles. The lowest BCUT2D eigenvalue weighted by Gasteiger charge is -2.05. The molecule has 28 heavy (non-hydrogen) atoms. The van der Waals surface area contributed by atoms with Crippen LogP contribution in [-0.4, -0.2) is 16.7 Å². The summed E-state index contributed by atoms with van der Waals surface area (Å²) in [7, 11) is 0. The number of aromatic nitrogens is 1. The predicted molar refractivity (Wildman–Crippen MR) is 114 cm³/mol. The van der Waals surface area contributed by atoms with Gasteiger partial charge in [-0.25, -0.2) is 9.37 Å². The maximum atomic E-state index is 13.0. The number of guanidine groups is 1. The van der Waals surface area contributed by atoms with Crippen LogP contribution in [0.15, 0.2) is 58.7 Å². The molecule has 8 heteroatoms. The van der Waals surface area contributed by atoms with Crippen molar-refractivity contribution in [3.63, 3.8) is 0 Å². The van der Waals surface area contributed by atoms with E-state index < -0.39 is 0 Å². The monoisotopic (exact) mass is 396 g/mol. The smallest absolute Gasteiger partial charge is 0.211 e. The number of rotatable bonds is 6. The highest BCUT2D eigenvalue weighted by molar-refractivity contribution is 7.17. The van der Waals surface area contributed by atoms with E-state index in [0.29, 0.717) is 12.3 Å². The normalized spacial score (nSPS) is 11.3. The van der Waals surface area contributed by atoms with Gasteiger partial charge in [-0.2, -0.15) is 5.10 Å². The Bertz CT molecular complexity index is 1000. The van der Waals surface area contributed by atoms with Gasteiger partial charge in [0.1, 0.15) is 5.82 Å². The molecule has 144 valence electrons. The molecule has 0 spiro atoms. The third-order valence-corrected chi connectivity index (χ3v) is 5.24. The maximum Gasteiger partial charge on any atom is 0.211 e. The summed E-state index contributed by atoms with van der Waals surface area (Å²) in [6.07, 6.45) is 0. The molecule has 1 heterocycles. The molecule has 2 aromatic carbocycles. The number of hydrogen-bond acceptors (Lipinski definition) is 5. The van der Waals surface area contributed by atoms with Gasteiger partial charge in [-0.05, 0) is 42.7 Å². The van der Waals surface area contributed by atoms with Crippen LogP contribution in [0.4, 0.5) is 9.52 Å². The van der Waals surface area contributed by atoms with Gasteiger partial charge in [-0.3, -0.25) is 0 Å². The molecule has 0 atom stereocenters. The van der Waals surface area contributed by atoms with Crippen LogP contribution in [-0.2, 0) is 6.54 Å². The van der Waals surface area contributed by atoms with Crippen molar-refractivity contribution < 1.29 is 4.39 Å². The molecule has 0 aliphatic heterocycles. The van der Waals surface area contributed by atoms with Crippen molar-refractivity contribution in [1.29, 1.82) is 0 Å². The molecule has 0 aliphatic rings. The minimum absolute atomic E-state index is 0.0797. The lowest BCUT2D eigenvalue weighted by Crippen LogP contribution is -2.22. The summed E-state index contributed by atoms with van der Waals surface area (Å²) in [6, 6.07) is 14.6. The molecule has 3 rings (SSSR count). The lowest BCUT2D eigenvalue weighted by atomic mass is 10.0. The highest BCUT2D eigenvalue weighted by Crippen LogP contribution is 2.25. The van der Waals surface area contributed by atoms with Crippen molar-refractivity contribution >= 4 is 28.1 Å². The van der Waals surface area contributed by atoms with Gasteiger partial charge in [0.05, 0.1) is 16.3 Å². The summed E-state index contributed by atoms with van der Waals surface area (Å²) < 4.78 is 13.0. The van der Waals surface area contributed by atoms with Gasteiger partial charge in [-0.1, -0.05) is 47.7 Å². The molecule has 0 bridgehead atoms. The van der Waals surface area contributed by atoms with Crippen LogP contribution in [0.2, 0.25) is 0 Å². The van der Waals surface area contributed by atoms with E-state index in [1.807, 2.05) is 38.1 Å². The molecular weight excluding hydrogens is 375 g/mol. The molecule has 0 saturated carbocycles. The molecule has 0 saturated heterocycles. The predicted octanol–water partition coefficient (Wildman–Crippen LogP) is 3.87. The van der Waals surface area contributed by atoms with Crippen LogP contribution in [0.25, 0.3) is 11.1 Å². The summed E-state index contributed by atoms with van der Waals surface area (Å²) in [6.45, 7) is 4.40. The van der Waals surface area contributed by atoms with Gasteiger partial charge in [0, 0.05) is 6.54 Å². The Hall–Kier alpha value is -3.26. The fourth-order valence-corrected chi connectivity index (χ4v) is 3.52. The first-order valence-electron chi connectivity index (χ1n) is 8.62. The number of anilines is 1. The minimum atomic E-state index is -0.235. The van der Waals surface area contributed by atoms with E-state index in [2.05, 4.69) is 20.5 Å². The zero-order valence-electron chi connectivity index (χ0n) is 15.6. The molecule has 0 amide bonds. The average Bonchev–Trinajstić information content (AvgIpc) is 3.06. The highest BCUT2D eigenvalue weighted by atomic mass is 32.1. The van der Waals surface area contributed by atoms with E-state index in [-0.39, 0.29) is 11.8 Å². The van der Waals surface area contributed by atoms with Crippen molar-refractivity contribution in [3.8, 4) is 11.1 Å². The van der Waals surface area contributed by atoms with E-state index in [9.17, 15) is 4.39 Å². The Labute approximate surface area is 166 Å². The maximum absolute atomic E-state index is 13.0. The molecule has 5 N–H and O–H groups in total. The van der Waals surface area contributed by atoms with Gasteiger partial charge in [0.25, 0.3) is 0 Å². The average molecular weight is 396 g/mol. The summed E-state index contributed by atoms with van der Waals surface area (Å²) in [5, 5.41) is 11.8. The zero-order valence-corrected chi connectivity index (χ0v) is 16.4. The van der Waals surface area contributed by atoms with Crippen LogP contribution in [0.3, 0.4) is 0 Å². The number of benzene rings is 2. The number of halogens is 1. The highest BCUT2D eigenvalue weighted by Gasteiger charge is 2.10. The molecular formula is C20H21FN6S. The van der Waals surface area contributed by atoms with Crippen molar-refractivity contribution in [2.75, 3.05) is 5.32 Å². The summed E-state index contributed by atoms with van der Waals surface area (Å²) in [5.74, 6) is -0.315. The summed E-state index contributed by atoms with van der Waals surface area (Å²) in [5.41, 5.74) is 15.3. The van der Waals surface area contributed by atoms with Crippen molar-refractivity contribution in [1.82, 2.24) is 4.98 Å². The number of aryl methyl sites for hydroxylation is 1. The van der Waals surface area contributed by atoms with Crippen LogP contribution < -0.4 is 16.8 Å². The fraction of sp³-hybridized carbons (Fsp3) is 0.150. The molecule has 6 nitrogen and oxygen atoms in total. The number of nitrogens with zero attached hydrogens (tertiary/aromatic N) is 3. The molecule has 0 fully saturated rings. The van der Waals surface area contributed by atoms with E-state index in [1.165, 1.54) is 23.5 Å². The summed E-state index contributed by atoms with van der Waals surface area (Å²) in [4.78, 5) is 5.46. The van der Waals surface area contributed by atoms with Gasteiger partial charge in [0.15, 0.2) is 5.13 Å². The van der Waals surface area contributed by atoms with Crippen LogP contribution in [0, 0.1) is 12.7 Å². The second-order valence-corrected chi connectivity index (χ2v) is 7.20. The first-order valence-corrected chi connectivity index (χ1v) is 9.44. The van der Waals surface area contributed by atoms with Gasteiger partial charge in [0.2, 0.25) is 5.96 Å². The lowest BCUT2D eigenvalue weighted by molar-refractivity contribution is 0.628. The number of thiazole rings is 1. The first-order chi connectivity index (χ1) is 13.4. The number of hydrogen-bond donors (Lipinski definition) is 3. The Morgan fingerprint density at radius 2 is 1.64 bits per heavy atom. The standard InChI is InChI=1S/C20H21FN6S/c1-12-18(13(2)26-27-19(22)23)28-20(25-12)24-11-14-3-5-15(6-4-14)16-7-9-17(21)10-8-16/h3-10H,11H2,1-2H3,(H,24,25)(H4,22,23,27). The molecule has 1 aromatic heterocycles. The number of nitrogens with two attached hydrogens (primary N) is 2. The second kappa shape index (κ2) is 8.62. The van der Waals surface area contributed by atoms with Crippen molar-refractivity contribution in [2.45, 2.75) is 20.4 Å². The van der Waals surface area contributed by atoms with E-state index in [4.69, 9.17) is 11.5 Å². The quantitative estimate of drug-likeness (QED) is 0.334. The SMILES string of the molecule is CC(=NN=C(N)N)c1sc(NCc2ccc(-c3ccc(F)cc3)cc2)nc1C. The molecule has 0 unspecified atom stereocenters. The Balaban J connectivity index is 1.66. The van der Waals surface area contributed by atoms with Crippen molar-refractivity contribution in [3.05, 3.63) is 70.5 Å². The van der Waals surface area contributed by atoms with Crippen LogP contribution in [0.5, 0.6) is 0 Å². The zero-order chi connectivity index (χ0) is 20.1. The van der Waals surface area contributed by atoms with Crippen LogP contribution in [0.1, 0.15) is 23.1 Å². The minimum Gasteiger partial charge on any atom is -0.369 e. The van der Waals surface area contributed by atoms with E-state index in [0.717, 1.165) is 32.4 Å². The van der Waals surface area contributed by atoms with Gasteiger partial charge < -0.3 is 16.8 Å². The third kappa shape index (κ3) is 4.92. The van der Waals surface area contributed by atoms with Gasteiger partial charge >= 0.3 is 0 Å². The largest absolute Gasteiger partial charge is 0.369 e. The van der Waals surface area contributed by atoms with Gasteiger partial charge in [-0.15, -0.1) is 5.10 Å². The molecule has 3 aromatic rings.